The van der Waals surface area contributed by atoms with Crippen molar-refractivity contribution < 1.29 is 14.3 Å². The Kier molecular flexibility index (Phi) is 4.91. The van der Waals surface area contributed by atoms with Crippen LogP contribution in [0.25, 0.3) is 11.1 Å². The third kappa shape index (κ3) is 3.52. The minimum absolute atomic E-state index is 0.232. The molecule has 1 aromatic heterocycles. The molecule has 0 N–H and O–H groups in total. The van der Waals surface area contributed by atoms with Crippen molar-refractivity contribution in [1.29, 1.82) is 5.26 Å². The fraction of sp³-hybridized carbons (Fsp3) is 0.294. The topological polar surface area (TPSA) is 62.6 Å². The van der Waals surface area contributed by atoms with Gasteiger partial charge in [0.1, 0.15) is 10.9 Å². The number of hydrogen-bond acceptors (Lipinski definition) is 6. The van der Waals surface area contributed by atoms with Gasteiger partial charge in [0.2, 0.25) is 0 Å². The van der Waals surface area contributed by atoms with E-state index >= 15 is 0 Å². The van der Waals surface area contributed by atoms with Crippen molar-refractivity contribution in [3.8, 4) is 17.2 Å². The number of ether oxygens (including phenoxy) is 2. The van der Waals surface area contributed by atoms with Crippen LogP contribution in [0.2, 0.25) is 0 Å². The third-order valence-corrected chi connectivity index (χ3v) is 4.74. The SMILES string of the molecule is N#CCOC(=O)c1cc(-c2ccccc2)c(N2CCOCC2)s1. The van der Waals surface area contributed by atoms with Gasteiger partial charge in [-0.2, -0.15) is 5.26 Å². The third-order valence-electron chi connectivity index (χ3n) is 3.56. The Balaban J connectivity index is 1.96. The molecule has 3 rings (SSSR count). The minimum Gasteiger partial charge on any atom is -0.446 e. The van der Waals surface area contributed by atoms with E-state index in [2.05, 4.69) is 4.90 Å². The molecule has 1 aliphatic rings. The quantitative estimate of drug-likeness (QED) is 0.808. The molecule has 0 saturated carbocycles. The molecule has 0 aliphatic carbocycles. The zero-order chi connectivity index (χ0) is 16.1. The van der Waals surface area contributed by atoms with E-state index in [1.807, 2.05) is 42.5 Å². The highest BCUT2D eigenvalue weighted by Crippen LogP contribution is 2.39. The van der Waals surface area contributed by atoms with Crippen LogP contribution in [0.4, 0.5) is 5.00 Å². The fourth-order valence-corrected chi connectivity index (χ4v) is 3.60. The van der Waals surface area contributed by atoms with Crippen LogP contribution >= 0.6 is 11.3 Å². The van der Waals surface area contributed by atoms with Crippen molar-refractivity contribution in [3.63, 3.8) is 0 Å². The Morgan fingerprint density at radius 2 is 2.04 bits per heavy atom. The first kappa shape index (κ1) is 15.5. The number of nitriles is 1. The van der Waals surface area contributed by atoms with Crippen LogP contribution in [0.15, 0.2) is 36.4 Å². The smallest absolute Gasteiger partial charge is 0.349 e. The Bertz CT molecular complexity index is 715. The number of nitrogens with zero attached hydrogens (tertiary/aromatic N) is 2. The van der Waals surface area contributed by atoms with Gasteiger partial charge in [-0.3, -0.25) is 0 Å². The van der Waals surface area contributed by atoms with Crippen molar-refractivity contribution >= 4 is 22.3 Å². The Labute approximate surface area is 138 Å². The van der Waals surface area contributed by atoms with Crippen molar-refractivity contribution in [1.82, 2.24) is 0 Å². The molecule has 0 spiro atoms. The summed E-state index contributed by atoms with van der Waals surface area (Å²) in [7, 11) is 0. The summed E-state index contributed by atoms with van der Waals surface area (Å²) in [4.78, 5) is 14.8. The standard InChI is InChI=1S/C17H16N2O3S/c18-6-9-22-17(20)15-12-14(13-4-2-1-3-5-13)16(23-15)19-7-10-21-11-8-19/h1-5,12H,7-11H2. The number of esters is 1. The first-order valence-corrected chi connectivity index (χ1v) is 8.17. The van der Waals surface area contributed by atoms with Crippen molar-refractivity contribution in [3.05, 3.63) is 41.3 Å². The lowest BCUT2D eigenvalue weighted by Gasteiger charge is -2.28. The molecular weight excluding hydrogens is 312 g/mol. The van der Waals surface area contributed by atoms with Crippen molar-refractivity contribution in [2.45, 2.75) is 0 Å². The van der Waals surface area contributed by atoms with Crippen molar-refractivity contribution in [2.24, 2.45) is 0 Å². The molecule has 2 heterocycles. The minimum atomic E-state index is -0.451. The number of benzene rings is 1. The lowest BCUT2D eigenvalue weighted by atomic mass is 10.1. The summed E-state index contributed by atoms with van der Waals surface area (Å²) < 4.78 is 10.3. The summed E-state index contributed by atoms with van der Waals surface area (Å²) in [6.07, 6.45) is 0. The normalized spacial score (nSPS) is 14.3. The van der Waals surface area contributed by atoms with Gasteiger partial charge in [-0.1, -0.05) is 30.3 Å². The van der Waals surface area contributed by atoms with Crippen LogP contribution < -0.4 is 4.90 Å². The van der Waals surface area contributed by atoms with Gasteiger partial charge in [-0.15, -0.1) is 11.3 Å². The van der Waals surface area contributed by atoms with E-state index in [0.717, 1.165) is 29.2 Å². The second-order valence-corrected chi connectivity index (χ2v) is 6.06. The Morgan fingerprint density at radius 3 is 2.74 bits per heavy atom. The van der Waals surface area contributed by atoms with Crippen molar-refractivity contribution in [2.75, 3.05) is 37.8 Å². The molecule has 23 heavy (non-hydrogen) atoms. The molecule has 118 valence electrons. The van der Waals surface area contributed by atoms with Gasteiger partial charge in [-0.05, 0) is 11.6 Å². The lowest BCUT2D eigenvalue weighted by molar-refractivity contribution is 0.0560. The maximum absolute atomic E-state index is 12.1. The van der Waals surface area contributed by atoms with Crippen LogP contribution in [-0.2, 0) is 9.47 Å². The van der Waals surface area contributed by atoms with Gasteiger partial charge in [-0.25, -0.2) is 4.79 Å². The van der Waals surface area contributed by atoms with E-state index in [-0.39, 0.29) is 6.61 Å². The second kappa shape index (κ2) is 7.27. The number of morpholine rings is 1. The summed E-state index contributed by atoms with van der Waals surface area (Å²) in [6, 6.07) is 13.6. The number of anilines is 1. The van der Waals surface area contributed by atoms with E-state index in [4.69, 9.17) is 14.7 Å². The predicted octanol–water partition coefficient (Wildman–Crippen LogP) is 2.93. The number of rotatable bonds is 4. The molecular formula is C17H16N2O3S. The summed E-state index contributed by atoms with van der Waals surface area (Å²) in [5.41, 5.74) is 2.07. The molecule has 1 fully saturated rings. The summed E-state index contributed by atoms with van der Waals surface area (Å²) in [6.45, 7) is 2.73. The average molecular weight is 328 g/mol. The van der Waals surface area contributed by atoms with E-state index in [1.54, 1.807) is 0 Å². The van der Waals surface area contributed by atoms with E-state index in [1.165, 1.54) is 11.3 Å². The van der Waals surface area contributed by atoms with Gasteiger partial charge in [0.15, 0.2) is 6.61 Å². The van der Waals surface area contributed by atoms with Gasteiger partial charge >= 0.3 is 5.97 Å². The van der Waals surface area contributed by atoms with Crippen LogP contribution in [-0.4, -0.2) is 38.9 Å². The second-order valence-electron chi connectivity index (χ2n) is 5.03. The lowest BCUT2D eigenvalue weighted by Crippen LogP contribution is -2.35. The predicted molar refractivity (Wildman–Crippen MR) is 88.7 cm³/mol. The molecule has 0 bridgehead atoms. The molecule has 1 aliphatic heterocycles. The number of carbonyl (C=O) groups excluding carboxylic acids is 1. The summed E-state index contributed by atoms with van der Waals surface area (Å²) in [5, 5.41) is 9.60. The van der Waals surface area contributed by atoms with Gasteiger partial charge in [0, 0.05) is 18.7 Å². The van der Waals surface area contributed by atoms with E-state index < -0.39 is 5.97 Å². The first-order chi connectivity index (χ1) is 11.3. The molecule has 0 radical (unpaired) electrons. The molecule has 0 amide bonds. The Hall–Kier alpha value is -2.36. The maximum atomic E-state index is 12.1. The number of carbonyl (C=O) groups is 1. The highest BCUT2D eigenvalue weighted by atomic mass is 32.1. The number of thiophene rings is 1. The molecule has 5 nitrogen and oxygen atoms in total. The van der Waals surface area contributed by atoms with Gasteiger partial charge < -0.3 is 14.4 Å². The van der Waals surface area contributed by atoms with Crippen LogP contribution in [0, 0.1) is 11.3 Å². The highest BCUT2D eigenvalue weighted by molar-refractivity contribution is 7.18. The van der Waals surface area contributed by atoms with Crippen LogP contribution in [0.3, 0.4) is 0 Å². The average Bonchev–Trinajstić information content (AvgIpc) is 3.06. The molecule has 1 aromatic carbocycles. The monoisotopic (exact) mass is 328 g/mol. The summed E-state index contributed by atoms with van der Waals surface area (Å²) in [5.74, 6) is -0.451. The molecule has 2 aromatic rings. The molecule has 0 atom stereocenters. The van der Waals surface area contributed by atoms with E-state index in [9.17, 15) is 4.79 Å². The van der Waals surface area contributed by atoms with Crippen LogP contribution in [0.5, 0.6) is 0 Å². The zero-order valence-corrected chi connectivity index (χ0v) is 13.3. The molecule has 0 unspecified atom stereocenters. The first-order valence-electron chi connectivity index (χ1n) is 7.35. The summed E-state index contributed by atoms with van der Waals surface area (Å²) >= 11 is 1.41. The van der Waals surface area contributed by atoms with Gasteiger partial charge in [0.05, 0.1) is 18.2 Å². The molecule has 6 heteroatoms. The fourth-order valence-electron chi connectivity index (χ4n) is 2.48. The zero-order valence-electron chi connectivity index (χ0n) is 12.5. The van der Waals surface area contributed by atoms with Gasteiger partial charge in [0.25, 0.3) is 0 Å². The maximum Gasteiger partial charge on any atom is 0.349 e. The van der Waals surface area contributed by atoms with Crippen LogP contribution in [0.1, 0.15) is 9.67 Å². The Morgan fingerprint density at radius 1 is 1.30 bits per heavy atom. The highest BCUT2D eigenvalue weighted by Gasteiger charge is 2.22. The molecule has 1 saturated heterocycles. The number of hydrogen-bond donors (Lipinski definition) is 0. The largest absolute Gasteiger partial charge is 0.446 e. The van der Waals surface area contributed by atoms with E-state index in [0.29, 0.717) is 18.1 Å².